The molecule has 3 heteroatoms. The lowest BCUT2D eigenvalue weighted by atomic mass is 10.0. The quantitative estimate of drug-likeness (QED) is 0.701. The molecule has 2 aromatic rings. The highest BCUT2D eigenvalue weighted by Gasteiger charge is 2.06. The molecule has 2 rings (SSSR count). The van der Waals surface area contributed by atoms with Crippen molar-refractivity contribution >= 4 is 0 Å². The SMILES string of the molecule is Cc1c(-c2ccccc2)cnnc1C#N. The predicted octanol–water partition coefficient (Wildman–Crippen LogP) is 2.32. The number of hydrogen-bond acceptors (Lipinski definition) is 3. The highest BCUT2D eigenvalue weighted by atomic mass is 15.1. The molecule has 0 saturated heterocycles. The summed E-state index contributed by atoms with van der Waals surface area (Å²) in [7, 11) is 0. The molecule has 0 aliphatic carbocycles. The van der Waals surface area contributed by atoms with Gasteiger partial charge in [0.15, 0.2) is 5.69 Å². The van der Waals surface area contributed by atoms with Crippen molar-refractivity contribution in [3.8, 4) is 17.2 Å². The molecule has 1 heterocycles. The van der Waals surface area contributed by atoms with Gasteiger partial charge in [-0.2, -0.15) is 10.4 Å². The number of hydrogen-bond donors (Lipinski definition) is 0. The highest BCUT2D eigenvalue weighted by Crippen LogP contribution is 2.22. The molecule has 0 aliphatic heterocycles. The van der Waals surface area contributed by atoms with Gasteiger partial charge in [-0.3, -0.25) is 0 Å². The number of nitriles is 1. The van der Waals surface area contributed by atoms with Crippen LogP contribution in [0.15, 0.2) is 36.5 Å². The average Bonchev–Trinajstić information content (AvgIpc) is 2.30. The van der Waals surface area contributed by atoms with Crippen LogP contribution in [0.1, 0.15) is 11.3 Å². The van der Waals surface area contributed by atoms with Crippen LogP contribution in [0.4, 0.5) is 0 Å². The summed E-state index contributed by atoms with van der Waals surface area (Å²) in [6.07, 6.45) is 1.69. The summed E-state index contributed by atoms with van der Waals surface area (Å²) >= 11 is 0. The zero-order valence-corrected chi connectivity index (χ0v) is 8.31. The van der Waals surface area contributed by atoms with Crippen molar-refractivity contribution in [2.75, 3.05) is 0 Å². The number of benzene rings is 1. The first-order valence-corrected chi connectivity index (χ1v) is 4.60. The van der Waals surface area contributed by atoms with E-state index in [9.17, 15) is 0 Å². The maximum atomic E-state index is 8.84. The second kappa shape index (κ2) is 3.89. The van der Waals surface area contributed by atoms with Gasteiger partial charge in [-0.1, -0.05) is 30.3 Å². The van der Waals surface area contributed by atoms with Crippen LogP contribution in [-0.4, -0.2) is 10.2 Å². The number of aromatic nitrogens is 2. The minimum Gasteiger partial charge on any atom is -0.191 e. The summed E-state index contributed by atoms with van der Waals surface area (Å²) < 4.78 is 0. The Morgan fingerprint density at radius 3 is 2.60 bits per heavy atom. The number of nitrogens with zero attached hydrogens (tertiary/aromatic N) is 3. The molecule has 0 amide bonds. The summed E-state index contributed by atoms with van der Waals surface area (Å²) in [5.41, 5.74) is 3.28. The van der Waals surface area contributed by atoms with Gasteiger partial charge in [-0.05, 0) is 18.1 Å². The Bertz CT molecular complexity index is 512. The predicted molar refractivity (Wildman–Crippen MR) is 56.9 cm³/mol. The Kier molecular flexibility index (Phi) is 2.42. The van der Waals surface area contributed by atoms with Crippen LogP contribution in [0.2, 0.25) is 0 Å². The molecule has 0 saturated carbocycles. The van der Waals surface area contributed by atoms with Gasteiger partial charge in [0.05, 0.1) is 6.20 Å². The number of rotatable bonds is 1. The molecule has 0 spiro atoms. The van der Waals surface area contributed by atoms with Gasteiger partial charge >= 0.3 is 0 Å². The Balaban J connectivity index is 2.61. The van der Waals surface area contributed by atoms with Crippen LogP contribution in [0.5, 0.6) is 0 Å². The van der Waals surface area contributed by atoms with Crippen molar-refractivity contribution in [3.05, 3.63) is 47.8 Å². The summed E-state index contributed by atoms with van der Waals surface area (Å²) in [5.74, 6) is 0. The highest BCUT2D eigenvalue weighted by molar-refractivity contribution is 5.67. The van der Waals surface area contributed by atoms with Gasteiger partial charge in [0.1, 0.15) is 6.07 Å². The van der Waals surface area contributed by atoms with E-state index in [1.54, 1.807) is 6.20 Å². The average molecular weight is 195 g/mol. The zero-order chi connectivity index (χ0) is 10.7. The lowest BCUT2D eigenvalue weighted by molar-refractivity contribution is 0.994. The van der Waals surface area contributed by atoms with E-state index in [1.165, 1.54) is 0 Å². The summed E-state index contributed by atoms with van der Waals surface area (Å²) in [5, 5.41) is 16.4. The molecular weight excluding hydrogens is 186 g/mol. The maximum absolute atomic E-state index is 8.84. The van der Waals surface area contributed by atoms with Gasteiger partial charge in [0, 0.05) is 5.56 Å². The summed E-state index contributed by atoms with van der Waals surface area (Å²) in [6.45, 7) is 1.88. The molecule has 0 radical (unpaired) electrons. The lowest BCUT2D eigenvalue weighted by Crippen LogP contribution is -1.94. The second-order valence-corrected chi connectivity index (χ2v) is 3.21. The van der Waals surface area contributed by atoms with Gasteiger partial charge in [0.2, 0.25) is 0 Å². The summed E-state index contributed by atoms with van der Waals surface area (Å²) in [6, 6.07) is 11.9. The molecule has 0 N–H and O–H groups in total. The summed E-state index contributed by atoms with van der Waals surface area (Å²) in [4.78, 5) is 0. The van der Waals surface area contributed by atoms with Crippen molar-refractivity contribution in [3.63, 3.8) is 0 Å². The normalized spacial score (nSPS) is 9.60. The van der Waals surface area contributed by atoms with E-state index >= 15 is 0 Å². The molecule has 1 aromatic carbocycles. The monoisotopic (exact) mass is 195 g/mol. The third-order valence-corrected chi connectivity index (χ3v) is 2.29. The minimum atomic E-state index is 0.386. The molecule has 72 valence electrons. The smallest absolute Gasteiger partial charge is 0.166 e. The van der Waals surface area contributed by atoms with Gasteiger partial charge in [-0.25, -0.2) is 0 Å². The molecule has 1 aromatic heterocycles. The fraction of sp³-hybridized carbons (Fsp3) is 0.0833. The molecular formula is C12H9N3. The maximum Gasteiger partial charge on any atom is 0.166 e. The van der Waals surface area contributed by atoms with Crippen molar-refractivity contribution in [1.82, 2.24) is 10.2 Å². The second-order valence-electron chi connectivity index (χ2n) is 3.21. The van der Waals surface area contributed by atoms with E-state index in [0.717, 1.165) is 16.7 Å². The van der Waals surface area contributed by atoms with E-state index in [2.05, 4.69) is 10.2 Å². The molecule has 0 bridgehead atoms. The van der Waals surface area contributed by atoms with E-state index in [0.29, 0.717) is 5.69 Å². The van der Waals surface area contributed by atoms with Gasteiger partial charge in [-0.15, -0.1) is 5.10 Å². The van der Waals surface area contributed by atoms with Crippen LogP contribution >= 0.6 is 0 Å². The Labute approximate surface area is 88.0 Å². The lowest BCUT2D eigenvalue weighted by Gasteiger charge is -2.04. The minimum absolute atomic E-state index is 0.386. The Morgan fingerprint density at radius 1 is 1.20 bits per heavy atom. The third kappa shape index (κ3) is 1.70. The van der Waals surface area contributed by atoms with Crippen LogP contribution in [-0.2, 0) is 0 Å². The third-order valence-electron chi connectivity index (χ3n) is 2.29. The van der Waals surface area contributed by atoms with Crippen LogP contribution < -0.4 is 0 Å². The fourth-order valence-corrected chi connectivity index (χ4v) is 1.46. The van der Waals surface area contributed by atoms with Crippen LogP contribution in [0, 0.1) is 18.3 Å². The van der Waals surface area contributed by atoms with E-state index in [1.807, 2.05) is 43.3 Å². The van der Waals surface area contributed by atoms with Gasteiger partial charge < -0.3 is 0 Å². The molecule has 3 nitrogen and oxygen atoms in total. The van der Waals surface area contributed by atoms with Crippen LogP contribution in [0.3, 0.4) is 0 Å². The fourth-order valence-electron chi connectivity index (χ4n) is 1.46. The Hall–Kier alpha value is -2.21. The van der Waals surface area contributed by atoms with E-state index < -0.39 is 0 Å². The first-order chi connectivity index (χ1) is 7.33. The molecule has 0 atom stereocenters. The van der Waals surface area contributed by atoms with Crippen LogP contribution in [0.25, 0.3) is 11.1 Å². The molecule has 0 unspecified atom stereocenters. The van der Waals surface area contributed by atoms with Gasteiger partial charge in [0.25, 0.3) is 0 Å². The molecule has 15 heavy (non-hydrogen) atoms. The largest absolute Gasteiger partial charge is 0.191 e. The molecule has 0 fully saturated rings. The van der Waals surface area contributed by atoms with E-state index in [-0.39, 0.29) is 0 Å². The zero-order valence-electron chi connectivity index (χ0n) is 8.31. The van der Waals surface area contributed by atoms with Crippen molar-refractivity contribution in [2.45, 2.75) is 6.92 Å². The van der Waals surface area contributed by atoms with E-state index in [4.69, 9.17) is 5.26 Å². The Morgan fingerprint density at radius 2 is 1.93 bits per heavy atom. The van der Waals surface area contributed by atoms with Crippen molar-refractivity contribution in [1.29, 1.82) is 5.26 Å². The van der Waals surface area contributed by atoms with Crippen molar-refractivity contribution < 1.29 is 0 Å². The first-order valence-electron chi connectivity index (χ1n) is 4.60. The molecule has 0 aliphatic rings. The topological polar surface area (TPSA) is 49.6 Å². The van der Waals surface area contributed by atoms with Crippen molar-refractivity contribution in [2.24, 2.45) is 0 Å². The standard InChI is InChI=1S/C12H9N3/c1-9-11(8-14-15-12(9)7-13)10-5-3-2-4-6-10/h2-6,8H,1H3. The first kappa shape index (κ1) is 9.35.